The Morgan fingerprint density at radius 1 is 0.345 bits per heavy atom. The number of hydrogen-bond acceptors (Lipinski definition) is 3. The van der Waals surface area contributed by atoms with Crippen LogP contribution in [0.3, 0.4) is 0 Å². The van der Waals surface area contributed by atoms with Gasteiger partial charge in [-0.25, -0.2) is 0 Å². The number of para-hydroxylation sites is 3. The predicted octanol–water partition coefficient (Wildman–Crippen LogP) is 16.3. The second-order valence-corrected chi connectivity index (χ2v) is 17.0. The van der Waals surface area contributed by atoms with E-state index in [-0.39, 0.29) is 0 Å². The summed E-state index contributed by atoms with van der Waals surface area (Å²) in [6.07, 6.45) is 0. The number of hydrogen-bond donors (Lipinski definition) is 0. The standard InChI is InChI=1S/C54H34N2S2/c1-6-17-46(56-47-18-7-2-13-41(47)42-14-3-8-19-48(42)56)40(12-1)37-26-24-35(25-27-37)36-28-30-38(31-29-36)55(39-32-33-44-43-15-4-9-21-50(43)58-53(44)34-39)49-20-11-23-52-54(49)45-16-5-10-22-51(45)57-52/h1-34H. The lowest BCUT2D eigenvalue weighted by Crippen LogP contribution is -2.10. The van der Waals surface area contributed by atoms with Gasteiger partial charge in [0.2, 0.25) is 0 Å². The van der Waals surface area contributed by atoms with E-state index in [1.54, 1.807) is 0 Å². The van der Waals surface area contributed by atoms with E-state index in [1.807, 2.05) is 22.7 Å². The van der Waals surface area contributed by atoms with Crippen LogP contribution in [0.5, 0.6) is 0 Å². The molecular formula is C54H34N2S2. The Morgan fingerprint density at radius 2 is 0.862 bits per heavy atom. The fourth-order valence-electron chi connectivity index (χ4n) is 8.96. The predicted molar refractivity (Wildman–Crippen MR) is 252 cm³/mol. The van der Waals surface area contributed by atoms with Crippen molar-refractivity contribution in [2.24, 2.45) is 0 Å². The van der Waals surface area contributed by atoms with Gasteiger partial charge in [0.25, 0.3) is 0 Å². The third-order valence-corrected chi connectivity index (χ3v) is 13.9. The monoisotopic (exact) mass is 774 g/mol. The minimum Gasteiger partial charge on any atom is -0.310 e. The second-order valence-electron chi connectivity index (χ2n) is 14.9. The molecule has 0 amide bonds. The van der Waals surface area contributed by atoms with Gasteiger partial charge in [0.15, 0.2) is 0 Å². The number of thiophene rings is 2. The van der Waals surface area contributed by atoms with Gasteiger partial charge in [-0.1, -0.05) is 140 Å². The van der Waals surface area contributed by atoms with Crippen molar-refractivity contribution in [1.82, 2.24) is 4.57 Å². The first kappa shape index (κ1) is 33.2. The first-order chi connectivity index (χ1) is 28.8. The highest BCUT2D eigenvalue weighted by Crippen LogP contribution is 2.47. The summed E-state index contributed by atoms with van der Waals surface area (Å²) in [6.45, 7) is 0. The van der Waals surface area contributed by atoms with Gasteiger partial charge in [-0.3, -0.25) is 0 Å². The van der Waals surface area contributed by atoms with Crippen LogP contribution < -0.4 is 4.90 Å². The largest absolute Gasteiger partial charge is 0.310 e. The van der Waals surface area contributed by atoms with E-state index in [0.29, 0.717) is 0 Å². The van der Waals surface area contributed by atoms with Crippen LogP contribution in [0.1, 0.15) is 0 Å². The van der Waals surface area contributed by atoms with E-state index in [2.05, 4.69) is 216 Å². The normalized spacial score (nSPS) is 11.8. The number of anilines is 3. The number of fused-ring (bicyclic) bond motifs is 9. The van der Waals surface area contributed by atoms with Crippen molar-refractivity contribution in [3.63, 3.8) is 0 Å². The van der Waals surface area contributed by atoms with Crippen LogP contribution in [-0.4, -0.2) is 4.57 Å². The van der Waals surface area contributed by atoms with Crippen LogP contribution in [0, 0.1) is 0 Å². The van der Waals surface area contributed by atoms with E-state index in [9.17, 15) is 0 Å². The second kappa shape index (κ2) is 13.3. The molecule has 12 rings (SSSR count). The third-order valence-electron chi connectivity index (χ3n) is 11.6. The van der Waals surface area contributed by atoms with Gasteiger partial charge >= 0.3 is 0 Å². The van der Waals surface area contributed by atoms with Gasteiger partial charge in [-0.05, 0) is 83.4 Å². The average molecular weight is 775 g/mol. The number of benzene rings is 9. The fraction of sp³-hybridized carbons (Fsp3) is 0. The van der Waals surface area contributed by atoms with Crippen LogP contribution in [0.25, 0.3) is 90.1 Å². The summed E-state index contributed by atoms with van der Waals surface area (Å²) in [7, 11) is 0. The Balaban J connectivity index is 0.946. The highest BCUT2D eigenvalue weighted by molar-refractivity contribution is 7.26. The van der Waals surface area contributed by atoms with E-state index < -0.39 is 0 Å². The van der Waals surface area contributed by atoms with Crippen molar-refractivity contribution in [2.75, 3.05) is 4.90 Å². The van der Waals surface area contributed by atoms with Gasteiger partial charge < -0.3 is 9.47 Å². The quantitative estimate of drug-likeness (QED) is 0.163. The van der Waals surface area contributed by atoms with Gasteiger partial charge in [-0.15, -0.1) is 22.7 Å². The van der Waals surface area contributed by atoms with Crippen molar-refractivity contribution in [3.8, 4) is 27.9 Å². The van der Waals surface area contributed by atoms with Crippen LogP contribution in [0.15, 0.2) is 206 Å². The minimum absolute atomic E-state index is 1.13. The molecule has 272 valence electrons. The Kier molecular flexibility index (Phi) is 7.62. The smallest absolute Gasteiger partial charge is 0.0554 e. The molecule has 0 unspecified atom stereocenters. The molecule has 0 fully saturated rings. The van der Waals surface area contributed by atoms with Crippen molar-refractivity contribution in [3.05, 3.63) is 206 Å². The Morgan fingerprint density at radius 3 is 1.60 bits per heavy atom. The van der Waals surface area contributed by atoms with Crippen molar-refractivity contribution in [2.45, 2.75) is 0 Å². The maximum Gasteiger partial charge on any atom is 0.0554 e. The van der Waals surface area contributed by atoms with E-state index >= 15 is 0 Å². The van der Waals surface area contributed by atoms with Crippen LogP contribution in [0.2, 0.25) is 0 Å². The number of rotatable bonds is 6. The van der Waals surface area contributed by atoms with E-state index in [1.165, 1.54) is 95.8 Å². The number of nitrogens with zero attached hydrogens (tertiary/aromatic N) is 2. The molecule has 58 heavy (non-hydrogen) atoms. The Hall–Kier alpha value is -6.98. The van der Waals surface area contributed by atoms with Crippen molar-refractivity contribution >= 4 is 102 Å². The maximum absolute atomic E-state index is 2.45. The van der Waals surface area contributed by atoms with Gasteiger partial charge in [0.05, 0.1) is 22.4 Å². The summed E-state index contributed by atoms with van der Waals surface area (Å²) in [4.78, 5) is 2.45. The zero-order chi connectivity index (χ0) is 38.2. The molecule has 12 aromatic rings. The lowest BCUT2D eigenvalue weighted by Gasteiger charge is -2.27. The molecule has 2 nitrogen and oxygen atoms in total. The summed E-state index contributed by atoms with van der Waals surface area (Å²) >= 11 is 3.73. The molecule has 9 aromatic carbocycles. The molecule has 0 aliphatic carbocycles. The maximum atomic E-state index is 2.45. The summed E-state index contributed by atoms with van der Waals surface area (Å²) in [5.41, 5.74) is 11.9. The first-order valence-electron chi connectivity index (χ1n) is 19.7. The Bertz CT molecular complexity index is 3460. The number of aromatic nitrogens is 1. The highest BCUT2D eigenvalue weighted by atomic mass is 32.1. The molecule has 3 heterocycles. The summed E-state index contributed by atoms with van der Waals surface area (Å²) in [5.74, 6) is 0. The topological polar surface area (TPSA) is 8.17 Å². The molecule has 0 radical (unpaired) electrons. The molecule has 0 saturated heterocycles. The minimum atomic E-state index is 1.13. The molecular weight excluding hydrogens is 741 g/mol. The van der Waals surface area contributed by atoms with Crippen LogP contribution in [-0.2, 0) is 0 Å². The average Bonchev–Trinajstić information content (AvgIpc) is 3.97. The molecule has 3 aromatic heterocycles. The summed E-state index contributed by atoms with van der Waals surface area (Å²) in [6, 6.07) is 75.6. The Labute approximate surface area is 343 Å². The molecule has 0 aliphatic heterocycles. The molecule has 0 aliphatic rings. The van der Waals surface area contributed by atoms with Gasteiger partial charge in [0, 0.05) is 68.1 Å². The summed E-state index contributed by atoms with van der Waals surface area (Å²) < 4.78 is 7.63. The highest BCUT2D eigenvalue weighted by Gasteiger charge is 2.20. The van der Waals surface area contributed by atoms with Gasteiger partial charge in [0.1, 0.15) is 0 Å². The van der Waals surface area contributed by atoms with Crippen molar-refractivity contribution in [1.29, 1.82) is 0 Å². The van der Waals surface area contributed by atoms with Gasteiger partial charge in [-0.2, -0.15) is 0 Å². The molecule has 0 atom stereocenters. The molecule has 0 saturated carbocycles. The lowest BCUT2D eigenvalue weighted by atomic mass is 9.98. The third kappa shape index (κ3) is 5.23. The van der Waals surface area contributed by atoms with Crippen molar-refractivity contribution < 1.29 is 0 Å². The fourth-order valence-corrected chi connectivity index (χ4v) is 11.2. The molecule has 4 heteroatoms. The van der Waals surface area contributed by atoms with Crippen LogP contribution in [0.4, 0.5) is 17.1 Å². The molecule has 0 N–H and O–H groups in total. The zero-order valence-electron chi connectivity index (χ0n) is 31.3. The molecule has 0 bridgehead atoms. The molecule has 0 spiro atoms. The van der Waals surface area contributed by atoms with Crippen LogP contribution >= 0.6 is 22.7 Å². The first-order valence-corrected chi connectivity index (χ1v) is 21.3. The van der Waals surface area contributed by atoms with E-state index in [0.717, 1.165) is 11.4 Å². The SMILES string of the molecule is c1ccc(-n2c3ccccc3c3ccccc32)c(-c2ccc(-c3ccc(N(c4ccc5c(c4)sc4ccccc45)c4cccc5sc6ccccc6c45)cc3)cc2)c1. The summed E-state index contributed by atoms with van der Waals surface area (Å²) in [5, 5.41) is 7.75. The lowest BCUT2D eigenvalue weighted by molar-refractivity contribution is 1.18. The zero-order valence-corrected chi connectivity index (χ0v) is 33.0. The van der Waals surface area contributed by atoms with E-state index in [4.69, 9.17) is 0 Å².